The minimum absolute atomic E-state index is 0.173. The number of imidazole rings is 1. The molecule has 0 spiro atoms. The molecular weight excluding hydrogens is 489 g/mol. The number of H-pyrrole nitrogens is 1. The number of alkyl halides is 3. The molecule has 0 atom stereocenters. The number of aromatic nitrogens is 4. The number of halogens is 4. The Balaban J connectivity index is 1.61. The Morgan fingerprint density at radius 3 is 2.66 bits per heavy atom. The molecule has 1 saturated heterocycles. The fourth-order valence-electron chi connectivity index (χ4n) is 4.16. The van der Waals surface area contributed by atoms with E-state index in [1.807, 2.05) is 19.1 Å². The summed E-state index contributed by atoms with van der Waals surface area (Å²) in [5.74, 6) is 0. The number of aromatic amines is 1. The number of nitrogens with one attached hydrogen (secondary N) is 1. The van der Waals surface area contributed by atoms with Gasteiger partial charge in [-0.15, -0.1) is 0 Å². The molecular formula is C22H18BrF3N4O2. The first-order valence-corrected chi connectivity index (χ1v) is 10.7. The van der Waals surface area contributed by atoms with Gasteiger partial charge in [-0.25, -0.2) is 4.79 Å². The van der Waals surface area contributed by atoms with Crippen LogP contribution in [-0.2, 0) is 22.7 Å². The molecule has 0 aliphatic carbocycles. The van der Waals surface area contributed by atoms with Crippen LogP contribution >= 0.6 is 15.9 Å². The maximum atomic E-state index is 13.6. The number of ether oxygens (including phenoxy) is 1. The minimum Gasteiger partial charge on any atom is -0.379 e. The van der Waals surface area contributed by atoms with E-state index in [0.29, 0.717) is 25.3 Å². The van der Waals surface area contributed by atoms with Crippen LogP contribution < -0.4 is 5.69 Å². The van der Waals surface area contributed by atoms with E-state index in [0.717, 1.165) is 27.3 Å². The molecule has 4 aromatic rings. The van der Waals surface area contributed by atoms with Crippen LogP contribution in [0.3, 0.4) is 0 Å². The lowest BCUT2D eigenvalue weighted by molar-refractivity contribution is -0.136. The molecule has 32 heavy (non-hydrogen) atoms. The minimum atomic E-state index is -4.59. The van der Waals surface area contributed by atoms with Crippen molar-refractivity contribution in [3.05, 3.63) is 86.3 Å². The lowest BCUT2D eigenvalue weighted by Gasteiger charge is -2.42. The summed E-state index contributed by atoms with van der Waals surface area (Å²) in [6.45, 7) is 2.99. The first kappa shape index (κ1) is 21.0. The lowest BCUT2D eigenvalue weighted by atomic mass is 9.74. The van der Waals surface area contributed by atoms with Crippen LogP contribution in [0.15, 0.2) is 58.2 Å². The summed E-state index contributed by atoms with van der Waals surface area (Å²) in [5.41, 5.74) is 1.55. The number of hydrogen-bond acceptors (Lipinski definition) is 3. The zero-order chi connectivity index (χ0) is 22.7. The molecule has 1 fully saturated rings. The van der Waals surface area contributed by atoms with Gasteiger partial charge >= 0.3 is 11.9 Å². The Labute approximate surface area is 188 Å². The normalized spacial score (nSPS) is 15.8. The van der Waals surface area contributed by atoms with Crippen molar-refractivity contribution in [1.29, 1.82) is 0 Å². The van der Waals surface area contributed by atoms with Crippen molar-refractivity contribution in [3.8, 4) is 5.69 Å². The van der Waals surface area contributed by atoms with Crippen molar-refractivity contribution in [2.45, 2.75) is 24.9 Å². The van der Waals surface area contributed by atoms with E-state index >= 15 is 0 Å². The molecule has 0 unspecified atom stereocenters. The predicted molar refractivity (Wildman–Crippen MR) is 115 cm³/mol. The SMILES string of the molecule is Cc1cn[nH]c1CC1(c2cccc(-n3cc4c(C(F)(F)F)cc(Br)cn4c3=O)c2)COC1. The second-order valence-corrected chi connectivity index (χ2v) is 9.05. The van der Waals surface area contributed by atoms with E-state index in [1.54, 1.807) is 18.3 Å². The van der Waals surface area contributed by atoms with Crippen molar-refractivity contribution in [2.24, 2.45) is 0 Å². The Morgan fingerprint density at radius 1 is 1.25 bits per heavy atom. The van der Waals surface area contributed by atoms with Crippen molar-refractivity contribution in [3.63, 3.8) is 0 Å². The van der Waals surface area contributed by atoms with Gasteiger partial charge in [0.15, 0.2) is 0 Å². The highest BCUT2D eigenvalue weighted by Crippen LogP contribution is 2.37. The third-order valence-electron chi connectivity index (χ3n) is 5.98. The zero-order valence-electron chi connectivity index (χ0n) is 16.9. The number of benzene rings is 1. The van der Waals surface area contributed by atoms with E-state index in [9.17, 15) is 18.0 Å². The van der Waals surface area contributed by atoms with Gasteiger partial charge < -0.3 is 4.74 Å². The standard InChI is InChI=1S/C22H18BrF3N4O2/c1-13-8-27-28-18(13)7-21(11-32-12-21)14-3-2-4-16(5-14)29-10-19-17(22(24,25)26)6-15(23)9-30(19)20(29)31/h2-6,8-10H,7,11-12H2,1H3,(H,27,28). The van der Waals surface area contributed by atoms with E-state index in [1.165, 1.54) is 17.0 Å². The van der Waals surface area contributed by atoms with E-state index in [2.05, 4.69) is 26.1 Å². The molecule has 4 heterocycles. The van der Waals surface area contributed by atoms with Gasteiger partial charge in [-0.3, -0.25) is 14.1 Å². The van der Waals surface area contributed by atoms with E-state index < -0.39 is 17.4 Å². The smallest absolute Gasteiger partial charge is 0.379 e. The average molecular weight is 507 g/mol. The van der Waals surface area contributed by atoms with Gasteiger partial charge in [0, 0.05) is 34.4 Å². The Hall–Kier alpha value is -2.85. The molecule has 166 valence electrons. The number of pyridine rings is 1. The van der Waals surface area contributed by atoms with Crippen molar-refractivity contribution < 1.29 is 17.9 Å². The van der Waals surface area contributed by atoms with Crippen LogP contribution in [-0.4, -0.2) is 32.4 Å². The highest BCUT2D eigenvalue weighted by atomic mass is 79.9. The van der Waals surface area contributed by atoms with Crippen LogP contribution in [0.2, 0.25) is 0 Å². The van der Waals surface area contributed by atoms with Gasteiger partial charge in [-0.05, 0) is 52.2 Å². The first-order valence-electron chi connectivity index (χ1n) is 9.86. The lowest BCUT2D eigenvalue weighted by Crippen LogP contribution is -2.48. The van der Waals surface area contributed by atoms with E-state index in [4.69, 9.17) is 4.74 Å². The van der Waals surface area contributed by atoms with Crippen molar-refractivity contribution in [2.75, 3.05) is 13.2 Å². The summed E-state index contributed by atoms with van der Waals surface area (Å²) in [6.07, 6.45) is 0.432. The number of nitrogens with zero attached hydrogens (tertiary/aromatic N) is 3. The first-order chi connectivity index (χ1) is 15.2. The largest absolute Gasteiger partial charge is 0.418 e. The Kier molecular flexibility index (Phi) is 4.82. The topological polar surface area (TPSA) is 64.3 Å². The molecule has 0 radical (unpaired) electrons. The zero-order valence-corrected chi connectivity index (χ0v) is 18.5. The fraction of sp³-hybridized carbons (Fsp3) is 0.273. The Bertz CT molecular complexity index is 1380. The predicted octanol–water partition coefficient (Wildman–Crippen LogP) is 4.41. The van der Waals surface area contributed by atoms with Gasteiger partial charge in [-0.1, -0.05) is 12.1 Å². The molecule has 3 aromatic heterocycles. The van der Waals surface area contributed by atoms with Gasteiger partial charge in [0.1, 0.15) is 0 Å². The number of aryl methyl sites for hydroxylation is 1. The third-order valence-corrected chi connectivity index (χ3v) is 6.42. The number of rotatable bonds is 4. The average Bonchev–Trinajstić information content (AvgIpc) is 3.26. The van der Waals surface area contributed by atoms with Gasteiger partial charge in [0.05, 0.1) is 36.2 Å². The van der Waals surface area contributed by atoms with Gasteiger partial charge in [0.25, 0.3) is 0 Å². The Morgan fingerprint density at radius 2 is 2.03 bits per heavy atom. The third kappa shape index (κ3) is 3.38. The maximum Gasteiger partial charge on any atom is 0.418 e. The molecule has 1 aliphatic rings. The number of fused-ring (bicyclic) bond motifs is 1. The molecule has 1 N–H and O–H groups in total. The molecule has 0 bridgehead atoms. The molecule has 1 aromatic carbocycles. The second kappa shape index (κ2) is 7.35. The highest BCUT2D eigenvalue weighted by Gasteiger charge is 2.41. The summed E-state index contributed by atoms with van der Waals surface area (Å²) in [7, 11) is 0. The molecule has 0 amide bonds. The van der Waals surface area contributed by atoms with Crippen LogP contribution in [0.25, 0.3) is 11.2 Å². The second-order valence-electron chi connectivity index (χ2n) is 8.14. The molecule has 6 nitrogen and oxygen atoms in total. The van der Waals surface area contributed by atoms with Gasteiger partial charge in [-0.2, -0.15) is 18.3 Å². The molecule has 5 rings (SSSR count). The summed E-state index contributed by atoms with van der Waals surface area (Å²) >= 11 is 3.07. The summed E-state index contributed by atoms with van der Waals surface area (Å²) in [5, 5.41) is 7.11. The highest BCUT2D eigenvalue weighted by molar-refractivity contribution is 9.10. The van der Waals surface area contributed by atoms with Gasteiger partial charge in [0.2, 0.25) is 0 Å². The van der Waals surface area contributed by atoms with Crippen LogP contribution in [0.4, 0.5) is 13.2 Å². The van der Waals surface area contributed by atoms with Crippen molar-refractivity contribution in [1.82, 2.24) is 19.2 Å². The van der Waals surface area contributed by atoms with E-state index in [-0.39, 0.29) is 15.4 Å². The summed E-state index contributed by atoms with van der Waals surface area (Å²) in [6, 6.07) is 8.29. The van der Waals surface area contributed by atoms with Crippen LogP contribution in [0, 0.1) is 6.92 Å². The number of hydrogen-bond donors (Lipinski definition) is 1. The quantitative estimate of drug-likeness (QED) is 0.445. The maximum absolute atomic E-state index is 13.6. The summed E-state index contributed by atoms with van der Waals surface area (Å²) < 4.78 is 48.6. The molecule has 0 saturated carbocycles. The van der Waals surface area contributed by atoms with Crippen molar-refractivity contribution >= 4 is 21.4 Å². The summed E-state index contributed by atoms with van der Waals surface area (Å²) in [4.78, 5) is 13.0. The van der Waals surface area contributed by atoms with Crippen LogP contribution in [0.5, 0.6) is 0 Å². The molecule has 10 heteroatoms. The monoisotopic (exact) mass is 506 g/mol. The van der Waals surface area contributed by atoms with Crippen LogP contribution in [0.1, 0.15) is 22.4 Å². The fourth-order valence-corrected chi connectivity index (χ4v) is 4.60. The molecule has 1 aliphatic heterocycles.